The number of nitrogens with one attached hydrogen (secondary N) is 1. The predicted octanol–water partition coefficient (Wildman–Crippen LogP) is 4.24. The van der Waals surface area contributed by atoms with Gasteiger partial charge in [-0.25, -0.2) is 9.37 Å². The molecule has 1 aliphatic carbocycles. The van der Waals surface area contributed by atoms with Crippen LogP contribution in [0.1, 0.15) is 12.0 Å². The van der Waals surface area contributed by atoms with Crippen LogP contribution in [0.5, 0.6) is 0 Å². The van der Waals surface area contributed by atoms with Crippen molar-refractivity contribution in [1.82, 2.24) is 4.98 Å². The molecule has 4 rings (SSSR count). The summed E-state index contributed by atoms with van der Waals surface area (Å²) in [5, 5.41) is 3.20. The molecule has 1 heterocycles. The van der Waals surface area contributed by atoms with Crippen LogP contribution in [0.15, 0.2) is 42.5 Å². The van der Waals surface area contributed by atoms with E-state index in [0.717, 1.165) is 26.9 Å². The Balaban J connectivity index is 1.66. The Bertz CT molecular complexity index is 988. The molecule has 1 fully saturated rings. The molecule has 2 atom stereocenters. The molecule has 1 aliphatic rings. The molecule has 0 radical (unpaired) electrons. The molecule has 1 amide bonds. The Kier molecular flexibility index (Phi) is 3.55. The van der Waals surface area contributed by atoms with Crippen molar-refractivity contribution >= 4 is 32.6 Å². The molecule has 0 aliphatic heterocycles. The first-order chi connectivity index (χ1) is 11.7. The van der Waals surface area contributed by atoms with Gasteiger partial charge in [-0.3, -0.25) is 4.79 Å². The normalized spacial score (nSPS) is 19.0. The first kappa shape index (κ1) is 14.9. The summed E-state index contributed by atoms with van der Waals surface area (Å²) >= 11 is 1.38. The summed E-state index contributed by atoms with van der Waals surface area (Å²) in [6.45, 7) is 0. The minimum Gasteiger partial charge on any atom is -0.302 e. The van der Waals surface area contributed by atoms with Crippen molar-refractivity contribution in [3.63, 3.8) is 0 Å². The molecule has 5 heteroatoms. The number of carbonyl (C=O) groups excluding carboxylic acids is 1. The zero-order valence-electron chi connectivity index (χ0n) is 12.6. The molecule has 1 aromatic heterocycles. The number of hydrogen-bond acceptors (Lipinski definition) is 3. The highest BCUT2D eigenvalue weighted by molar-refractivity contribution is 7.22. The predicted molar refractivity (Wildman–Crippen MR) is 94.6 cm³/mol. The van der Waals surface area contributed by atoms with E-state index in [1.165, 1.54) is 11.3 Å². The van der Waals surface area contributed by atoms with E-state index in [1.54, 1.807) is 0 Å². The first-order valence-electron chi connectivity index (χ1n) is 7.57. The molecule has 2 aromatic carbocycles. The molecule has 0 bridgehead atoms. The van der Waals surface area contributed by atoms with Gasteiger partial charge in [-0.2, -0.15) is 0 Å². The second-order valence-electron chi connectivity index (χ2n) is 5.74. The van der Waals surface area contributed by atoms with E-state index >= 15 is 0 Å². The number of aromatic nitrogens is 1. The van der Waals surface area contributed by atoms with Crippen LogP contribution in [0.3, 0.4) is 0 Å². The summed E-state index contributed by atoms with van der Waals surface area (Å²) in [5.74, 6) is 1.88. The fourth-order valence-corrected chi connectivity index (χ4v) is 3.55. The van der Waals surface area contributed by atoms with E-state index in [4.69, 9.17) is 6.42 Å². The zero-order chi connectivity index (χ0) is 16.7. The number of benzene rings is 2. The third-order valence-corrected chi connectivity index (χ3v) is 5.00. The number of terminal acetylenes is 1. The summed E-state index contributed by atoms with van der Waals surface area (Å²) in [4.78, 5) is 16.2. The maximum Gasteiger partial charge on any atom is 0.232 e. The second kappa shape index (κ2) is 5.73. The molecule has 24 heavy (non-hydrogen) atoms. The Morgan fingerprint density at radius 1 is 1.33 bits per heavy atom. The number of fused-ring (bicyclic) bond motifs is 1. The number of nitrogens with zero attached hydrogens (tertiary/aromatic N) is 1. The number of hydrogen-bond donors (Lipinski definition) is 1. The van der Waals surface area contributed by atoms with Gasteiger partial charge in [0.05, 0.1) is 16.1 Å². The van der Waals surface area contributed by atoms with Gasteiger partial charge in [0.2, 0.25) is 5.91 Å². The van der Waals surface area contributed by atoms with Crippen molar-refractivity contribution in [3.05, 3.63) is 48.0 Å². The number of anilines is 1. The summed E-state index contributed by atoms with van der Waals surface area (Å²) < 4.78 is 13.9. The van der Waals surface area contributed by atoms with E-state index < -0.39 is 12.1 Å². The number of halogens is 1. The van der Waals surface area contributed by atoms with Gasteiger partial charge >= 0.3 is 0 Å². The van der Waals surface area contributed by atoms with Crippen molar-refractivity contribution in [1.29, 1.82) is 0 Å². The van der Waals surface area contributed by atoms with E-state index in [2.05, 4.69) is 16.2 Å². The third-order valence-electron chi connectivity index (χ3n) is 4.06. The first-order valence-corrected chi connectivity index (χ1v) is 8.39. The number of rotatable bonds is 3. The van der Waals surface area contributed by atoms with Crippen molar-refractivity contribution in [2.24, 2.45) is 5.92 Å². The Labute approximate surface area is 142 Å². The molecule has 2 unspecified atom stereocenters. The summed E-state index contributed by atoms with van der Waals surface area (Å²) in [5.41, 5.74) is 3.62. The van der Waals surface area contributed by atoms with E-state index in [1.807, 2.05) is 42.5 Å². The minimum absolute atomic E-state index is 0.292. The average molecular weight is 336 g/mol. The van der Waals surface area contributed by atoms with Gasteiger partial charge in [0.15, 0.2) is 5.13 Å². The van der Waals surface area contributed by atoms with Gasteiger partial charge in [-0.15, -0.1) is 6.42 Å². The SMILES string of the molecule is C#Cc1ccccc1-c1ccc2nc(NC(=O)C3CC3F)sc2c1. The molecule has 0 saturated heterocycles. The zero-order valence-corrected chi connectivity index (χ0v) is 13.4. The number of thiazole rings is 1. The second-order valence-corrected chi connectivity index (χ2v) is 6.77. The van der Waals surface area contributed by atoms with Crippen LogP contribution < -0.4 is 5.32 Å². The lowest BCUT2D eigenvalue weighted by Gasteiger charge is -2.04. The lowest BCUT2D eigenvalue weighted by Crippen LogP contribution is -2.14. The van der Waals surface area contributed by atoms with E-state index in [-0.39, 0.29) is 5.91 Å². The van der Waals surface area contributed by atoms with Gasteiger partial charge in [-0.1, -0.05) is 41.5 Å². The molecular formula is C19H13FN2OS. The highest BCUT2D eigenvalue weighted by Crippen LogP contribution is 2.36. The molecule has 1 N–H and O–H groups in total. The summed E-state index contributed by atoms with van der Waals surface area (Å²) in [6.07, 6.45) is 4.87. The van der Waals surface area contributed by atoms with Gasteiger partial charge in [-0.05, 0) is 35.7 Å². The summed E-state index contributed by atoms with van der Waals surface area (Å²) in [6, 6.07) is 13.6. The monoisotopic (exact) mass is 336 g/mol. The van der Waals surface area contributed by atoms with Gasteiger partial charge in [0.25, 0.3) is 0 Å². The Hall–Kier alpha value is -2.71. The van der Waals surface area contributed by atoms with Crippen molar-refractivity contribution in [2.45, 2.75) is 12.6 Å². The van der Waals surface area contributed by atoms with Crippen LogP contribution in [0, 0.1) is 18.3 Å². The molecule has 118 valence electrons. The fraction of sp³-hybridized carbons (Fsp3) is 0.158. The Morgan fingerprint density at radius 2 is 2.12 bits per heavy atom. The van der Waals surface area contributed by atoms with E-state index in [9.17, 15) is 9.18 Å². The molecule has 1 saturated carbocycles. The van der Waals surface area contributed by atoms with Crippen LogP contribution in [0.2, 0.25) is 0 Å². The highest BCUT2D eigenvalue weighted by atomic mass is 32.1. The van der Waals surface area contributed by atoms with Crippen LogP contribution in [0.4, 0.5) is 9.52 Å². The lowest BCUT2D eigenvalue weighted by molar-refractivity contribution is -0.117. The van der Waals surface area contributed by atoms with Crippen LogP contribution in [-0.4, -0.2) is 17.1 Å². The molecule has 3 aromatic rings. The smallest absolute Gasteiger partial charge is 0.232 e. The van der Waals surface area contributed by atoms with Crippen molar-refractivity contribution in [3.8, 4) is 23.5 Å². The van der Waals surface area contributed by atoms with Crippen molar-refractivity contribution in [2.75, 3.05) is 5.32 Å². The standard InChI is InChI=1S/C19H13FN2OS/c1-2-11-5-3-4-6-13(11)12-7-8-16-17(9-12)24-19(21-16)22-18(23)14-10-15(14)20/h1,3-9,14-15H,10H2,(H,21,22,23). The van der Waals surface area contributed by atoms with Gasteiger partial charge in [0.1, 0.15) is 6.17 Å². The summed E-state index contributed by atoms with van der Waals surface area (Å²) in [7, 11) is 0. The molecule has 0 spiro atoms. The highest BCUT2D eigenvalue weighted by Gasteiger charge is 2.43. The molecule has 3 nitrogen and oxygen atoms in total. The number of alkyl halides is 1. The maximum absolute atomic E-state index is 13.0. The third kappa shape index (κ3) is 2.66. The number of amides is 1. The van der Waals surface area contributed by atoms with Crippen molar-refractivity contribution < 1.29 is 9.18 Å². The topological polar surface area (TPSA) is 42.0 Å². The largest absolute Gasteiger partial charge is 0.302 e. The van der Waals surface area contributed by atoms with Gasteiger partial charge < -0.3 is 5.32 Å². The van der Waals surface area contributed by atoms with E-state index in [0.29, 0.717) is 11.6 Å². The maximum atomic E-state index is 13.0. The lowest BCUT2D eigenvalue weighted by atomic mass is 10.0. The van der Waals surface area contributed by atoms with Crippen LogP contribution in [-0.2, 0) is 4.79 Å². The molecular weight excluding hydrogens is 323 g/mol. The average Bonchev–Trinajstić information content (AvgIpc) is 3.20. The quantitative estimate of drug-likeness (QED) is 0.727. The Morgan fingerprint density at radius 3 is 2.88 bits per heavy atom. The number of carbonyl (C=O) groups is 1. The van der Waals surface area contributed by atoms with Crippen LogP contribution >= 0.6 is 11.3 Å². The minimum atomic E-state index is -1.01. The van der Waals surface area contributed by atoms with Crippen LogP contribution in [0.25, 0.3) is 21.3 Å². The fourth-order valence-electron chi connectivity index (χ4n) is 2.64. The van der Waals surface area contributed by atoms with Gasteiger partial charge in [0, 0.05) is 5.56 Å².